The first-order valence-electron chi connectivity index (χ1n) is 9.18. The van der Waals surface area contributed by atoms with Crippen LogP contribution in [0.15, 0.2) is 53.5 Å². The van der Waals surface area contributed by atoms with Gasteiger partial charge in [0.25, 0.3) is 0 Å². The highest BCUT2D eigenvalue weighted by atomic mass is 127. The van der Waals surface area contributed by atoms with Gasteiger partial charge >= 0.3 is 0 Å². The molecule has 0 radical (unpaired) electrons. The molecular formula is C21H28IN3O2. The zero-order chi connectivity index (χ0) is 18.4. The van der Waals surface area contributed by atoms with Crippen LogP contribution < -0.4 is 20.5 Å². The van der Waals surface area contributed by atoms with E-state index in [9.17, 15) is 0 Å². The van der Waals surface area contributed by atoms with Gasteiger partial charge in [0.2, 0.25) is 0 Å². The molecule has 27 heavy (non-hydrogen) atoms. The largest absolute Gasteiger partial charge is 0.493 e. The van der Waals surface area contributed by atoms with Gasteiger partial charge in [0.1, 0.15) is 17.6 Å². The zero-order valence-electron chi connectivity index (χ0n) is 15.9. The first-order chi connectivity index (χ1) is 12.7. The fraction of sp³-hybridized carbons (Fsp3) is 0.381. The lowest BCUT2D eigenvalue weighted by atomic mass is 10.0. The lowest BCUT2D eigenvalue weighted by Crippen LogP contribution is -2.38. The smallest absolute Gasteiger partial charge is 0.189 e. The van der Waals surface area contributed by atoms with Crippen molar-refractivity contribution in [3.8, 4) is 11.5 Å². The van der Waals surface area contributed by atoms with Crippen molar-refractivity contribution in [3.05, 3.63) is 59.7 Å². The van der Waals surface area contributed by atoms with E-state index in [2.05, 4.69) is 23.3 Å². The van der Waals surface area contributed by atoms with Crippen LogP contribution >= 0.6 is 24.0 Å². The molecule has 0 bridgehead atoms. The molecule has 2 aromatic rings. The Labute approximate surface area is 178 Å². The molecule has 0 aliphatic carbocycles. The molecule has 2 unspecified atom stereocenters. The van der Waals surface area contributed by atoms with Crippen LogP contribution in [0, 0.1) is 6.92 Å². The molecule has 0 fully saturated rings. The molecule has 0 saturated heterocycles. The van der Waals surface area contributed by atoms with Gasteiger partial charge < -0.3 is 20.5 Å². The van der Waals surface area contributed by atoms with Crippen molar-refractivity contribution >= 4 is 29.9 Å². The number of aliphatic imine (C=N–C) groups is 1. The summed E-state index contributed by atoms with van der Waals surface area (Å²) in [4.78, 5) is 4.51. The number of nitrogens with two attached hydrogens (primary N) is 1. The lowest BCUT2D eigenvalue weighted by molar-refractivity contribution is 0.204. The second kappa shape index (κ2) is 10.4. The van der Waals surface area contributed by atoms with E-state index >= 15 is 0 Å². The number of hydrogen-bond donors (Lipinski definition) is 2. The minimum Gasteiger partial charge on any atom is -0.493 e. The summed E-state index contributed by atoms with van der Waals surface area (Å²) in [7, 11) is 0. The van der Waals surface area contributed by atoms with Crippen molar-refractivity contribution in [2.75, 3.05) is 13.2 Å². The standard InChI is InChI=1S/C21H27N3O2.HI/c1-3-16(26-19-10-6-4-8-15(19)2)14-23-21(22)24-18-12-13-25-20-11-7-5-9-17(18)20;/h4-11,16,18H,3,12-14H2,1-2H3,(H3,22,23,24);1H. The molecule has 146 valence electrons. The first kappa shape index (κ1) is 21.3. The third-order valence-corrected chi connectivity index (χ3v) is 4.59. The predicted molar refractivity (Wildman–Crippen MR) is 120 cm³/mol. The van der Waals surface area contributed by atoms with E-state index in [-0.39, 0.29) is 36.1 Å². The maximum absolute atomic E-state index is 6.13. The number of nitrogens with one attached hydrogen (secondary N) is 1. The summed E-state index contributed by atoms with van der Waals surface area (Å²) in [6.45, 7) is 5.34. The molecule has 2 atom stereocenters. The summed E-state index contributed by atoms with van der Waals surface area (Å²) in [5, 5.41) is 3.32. The molecule has 0 amide bonds. The Balaban J connectivity index is 0.00000261. The number of aryl methyl sites for hydroxylation is 1. The van der Waals surface area contributed by atoms with E-state index < -0.39 is 0 Å². The number of rotatable bonds is 6. The SMILES string of the molecule is CCC(CN=C(N)NC1CCOc2ccccc21)Oc1ccccc1C.I. The average Bonchev–Trinajstić information content (AvgIpc) is 2.67. The average molecular weight is 481 g/mol. The van der Waals surface area contributed by atoms with Crippen molar-refractivity contribution in [1.82, 2.24) is 5.32 Å². The van der Waals surface area contributed by atoms with Crippen LogP contribution in [0.5, 0.6) is 11.5 Å². The van der Waals surface area contributed by atoms with Gasteiger partial charge in [-0.25, -0.2) is 4.99 Å². The molecule has 3 N–H and O–H groups in total. The molecule has 1 aliphatic rings. The molecule has 6 heteroatoms. The van der Waals surface area contributed by atoms with Gasteiger partial charge in [-0.3, -0.25) is 0 Å². The van der Waals surface area contributed by atoms with Gasteiger partial charge in [-0.1, -0.05) is 43.3 Å². The molecule has 1 aliphatic heterocycles. The Hall–Kier alpha value is -1.96. The van der Waals surface area contributed by atoms with Crippen LogP contribution in [-0.2, 0) is 0 Å². The van der Waals surface area contributed by atoms with Crippen molar-refractivity contribution in [1.29, 1.82) is 0 Å². The lowest BCUT2D eigenvalue weighted by Gasteiger charge is -2.27. The fourth-order valence-corrected chi connectivity index (χ4v) is 3.03. The Morgan fingerprint density at radius 3 is 2.78 bits per heavy atom. The number of guanidine groups is 1. The summed E-state index contributed by atoms with van der Waals surface area (Å²) in [5.41, 5.74) is 8.38. The molecule has 0 aromatic heterocycles. The molecule has 5 nitrogen and oxygen atoms in total. The number of para-hydroxylation sites is 2. The number of halogens is 1. The maximum Gasteiger partial charge on any atom is 0.189 e. The van der Waals surface area contributed by atoms with Crippen molar-refractivity contribution < 1.29 is 9.47 Å². The normalized spacial score (nSPS) is 17.1. The van der Waals surface area contributed by atoms with Crippen LogP contribution in [-0.4, -0.2) is 25.2 Å². The highest BCUT2D eigenvalue weighted by Crippen LogP contribution is 2.31. The number of benzene rings is 2. The maximum atomic E-state index is 6.13. The molecular weight excluding hydrogens is 453 g/mol. The summed E-state index contributed by atoms with van der Waals surface area (Å²) >= 11 is 0. The van der Waals surface area contributed by atoms with Gasteiger partial charge in [-0.05, 0) is 31.0 Å². The van der Waals surface area contributed by atoms with Crippen LogP contribution in [0.1, 0.15) is 36.9 Å². The summed E-state index contributed by atoms with van der Waals surface area (Å²) in [6.07, 6.45) is 1.73. The van der Waals surface area contributed by atoms with E-state index in [4.69, 9.17) is 15.2 Å². The minimum atomic E-state index is -0.00146. The summed E-state index contributed by atoms with van der Waals surface area (Å²) in [6, 6.07) is 16.2. The van der Waals surface area contributed by atoms with Crippen molar-refractivity contribution in [2.45, 2.75) is 38.8 Å². The van der Waals surface area contributed by atoms with Gasteiger partial charge in [0.15, 0.2) is 5.96 Å². The Bertz CT molecular complexity index is 767. The summed E-state index contributed by atoms with van der Waals surface area (Å²) < 4.78 is 11.8. The third-order valence-electron chi connectivity index (χ3n) is 4.59. The highest BCUT2D eigenvalue weighted by molar-refractivity contribution is 14.0. The number of nitrogens with zero attached hydrogens (tertiary/aromatic N) is 1. The Morgan fingerprint density at radius 1 is 1.26 bits per heavy atom. The van der Waals surface area contributed by atoms with E-state index in [1.165, 1.54) is 0 Å². The van der Waals surface area contributed by atoms with Crippen molar-refractivity contribution in [2.24, 2.45) is 10.7 Å². The zero-order valence-corrected chi connectivity index (χ0v) is 18.2. The molecule has 0 spiro atoms. The van der Waals surface area contributed by atoms with E-state index in [0.717, 1.165) is 35.5 Å². The van der Waals surface area contributed by atoms with E-state index in [1.807, 2.05) is 49.4 Å². The van der Waals surface area contributed by atoms with E-state index in [0.29, 0.717) is 19.1 Å². The predicted octanol–water partition coefficient (Wildman–Crippen LogP) is 4.20. The monoisotopic (exact) mass is 481 g/mol. The Kier molecular flexibility index (Phi) is 8.22. The van der Waals surface area contributed by atoms with Crippen LogP contribution in [0.3, 0.4) is 0 Å². The quantitative estimate of drug-likeness (QED) is 0.369. The second-order valence-corrected chi connectivity index (χ2v) is 6.51. The second-order valence-electron chi connectivity index (χ2n) is 6.51. The highest BCUT2D eigenvalue weighted by Gasteiger charge is 2.21. The minimum absolute atomic E-state index is 0. The topological polar surface area (TPSA) is 68.9 Å². The number of hydrogen-bond acceptors (Lipinski definition) is 3. The Morgan fingerprint density at radius 2 is 2.00 bits per heavy atom. The number of fused-ring (bicyclic) bond motifs is 1. The van der Waals surface area contributed by atoms with Crippen LogP contribution in [0.2, 0.25) is 0 Å². The van der Waals surface area contributed by atoms with Crippen molar-refractivity contribution in [3.63, 3.8) is 0 Å². The van der Waals surface area contributed by atoms with Crippen LogP contribution in [0.4, 0.5) is 0 Å². The molecule has 0 saturated carbocycles. The fourth-order valence-electron chi connectivity index (χ4n) is 3.03. The van der Waals surface area contributed by atoms with Gasteiger partial charge in [0, 0.05) is 12.0 Å². The summed E-state index contributed by atoms with van der Waals surface area (Å²) in [5.74, 6) is 2.26. The van der Waals surface area contributed by atoms with Gasteiger partial charge in [-0.15, -0.1) is 24.0 Å². The van der Waals surface area contributed by atoms with Gasteiger partial charge in [-0.2, -0.15) is 0 Å². The molecule has 1 heterocycles. The molecule has 3 rings (SSSR count). The first-order valence-corrected chi connectivity index (χ1v) is 9.18. The van der Waals surface area contributed by atoms with Crippen LogP contribution in [0.25, 0.3) is 0 Å². The number of ether oxygens (including phenoxy) is 2. The van der Waals surface area contributed by atoms with Gasteiger partial charge in [0.05, 0.1) is 19.2 Å². The third kappa shape index (κ3) is 5.76. The molecule has 2 aromatic carbocycles. The van der Waals surface area contributed by atoms with E-state index in [1.54, 1.807) is 0 Å².